The molecule has 0 aliphatic heterocycles. The van der Waals surface area contributed by atoms with Gasteiger partial charge in [0.1, 0.15) is 16.9 Å². The fourth-order valence-corrected chi connectivity index (χ4v) is 2.92. The Labute approximate surface area is 119 Å². The first-order chi connectivity index (χ1) is 9.26. The van der Waals surface area contributed by atoms with Crippen LogP contribution < -0.4 is 11.1 Å². The van der Waals surface area contributed by atoms with Crippen LogP contribution in [-0.4, -0.2) is 17.6 Å². The number of hydrogen-bond donors (Lipinski definition) is 2. The molecule has 1 fully saturated rings. The van der Waals surface area contributed by atoms with Crippen molar-refractivity contribution in [1.82, 2.24) is 4.98 Å². The highest BCUT2D eigenvalue weighted by Crippen LogP contribution is 2.30. The van der Waals surface area contributed by atoms with E-state index < -0.39 is 0 Å². The van der Waals surface area contributed by atoms with Crippen LogP contribution >= 0.6 is 11.6 Å². The number of pyridine rings is 1. The monoisotopic (exact) mass is 278 g/mol. The molecule has 1 atom stereocenters. The molecule has 0 spiro atoms. The van der Waals surface area contributed by atoms with E-state index in [-0.39, 0.29) is 6.04 Å². The van der Waals surface area contributed by atoms with Crippen molar-refractivity contribution in [3.05, 3.63) is 22.8 Å². The number of nitriles is 1. The van der Waals surface area contributed by atoms with E-state index in [1.807, 2.05) is 0 Å². The largest absolute Gasteiger partial charge is 0.365 e. The normalized spacial score (nSPS) is 17.7. The molecule has 1 saturated carbocycles. The van der Waals surface area contributed by atoms with Gasteiger partial charge in [0.15, 0.2) is 0 Å². The first-order valence-electron chi connectivity index (χ1n) is 6.77. The molecule has 1 unspecified atom stereocenters. The zero-order valence-electron chi connectivity index (χ0n) is 10.9. The summed E-state index contributed by atoms with van der Waals surface area (Å²) in [5.74, 6) is 1.14. The molecular weight excluding hydrogens is 260 g/mol. The van der Waals surface area contributed by atoms with Gasteiger partial charge in [0.05, 0.1) is 5.56 Å². The topological polar surface area (TPSA) is 74.7 Å². The maximum atomic E-state index is 8.97. The predicted octanol–water partition coefficient (Wildman–Crippen LogP) is 2.93. The molecule has 0 aromatic carbocycles. The minimum Gasteiger partial charge on any atom is -0.365 e. The van der Waals surface area contributed by atoms with E-state index in [4.69, 9.17) is 22.6 Å². The highest BCUT2D eigenvalue weighted by atomic mass is 35.5. The fraction of sp³-hybridized carbons (Fsp3) is 0.571. The van der Waals surface area contributed by atoms with Gasteiger partial charge in [0.25, 0.3) is 0 Å². The van der Waals surface area contributed by atoms with Crippen molar-refractivity contribution in [1.29, 1.82) is 5.26 Å². The summed E-state index contributed by atoms with van der Waals surface area (Å²) in [6.07, 6.45) is 7.84. The van der Waals surface area contributed by atoms with Crippen LogP contribution in [0.1, 0.15) is 37.7 Å². The van der Waals surface area contributed by atoms with Crippen molar-refractivity contribution in [3.63, 3.8) is 0 Å². The van der Waals surface area contributed by atoms with Crippen LogP contribution in [-0.2, 0) is 0 Å². The van der Waals surface area contributed by atoms with Crippen molar-refractivity contribution in [2.24, 2.45) is 11.7 Å². The molecule has 0 bridgehead atoms. The van der Waals surface area contributed by atoms with Crippen LogP contribution in [0.25, 0.3) is 0 Å². The maximum absolute atomic E-state index is 8.97. The molecule has 0 saturated heterocycles. The average Bonchev–Trinajstić information content (AvgIpc) is 2.47. The first kappa shape index (κ1) is 14.1. The second kappa shape index (κ2) is 6.74. The fourth-order valence-electron chi connectivity index (χ4n) is 2.71. The Balaban J connectivity index is 2.12. The number of anilines is 1. The van der Waals surface area contributed by atoms with Gasteiger partial charge in [-0.05, 0) is 24.8 Å². The lowest BCUT2D eigenvalue weighted by Crippen LogP contribution is -2.37. The quantitative estimate of drug-likeness (QED) is 0.888. The first-order valence-corrected chi connectivity index (χ1v) is 7.15. The Morgan fingerprint density at radius 3 is 2.84 bits per heavy atom. The molecule has 5 heteroatoms. The molecule has 0 amide bonds. The summed E-state index contributed by atoms with van der Waals surface area (Å²) in [7, 11) is 0. The summed E-state index contributed by atoms with van der Waals surface area (Å²) >= 11 is 6.16. The number of aromatic nitrogens is 1. The SMILES string of the molecule is N#Cc1ccnc(NC(CN)C2CCCCC2)c1Cl. The van der Waals surface area contributed by atoms with Crippen LogP contribution in [0.3, 0.4) is 0 Å². The molecule has 1 aliphatic rings. The Morgan fingerprint density at radius 2 is 2.21 bits per heavy atom. The van der Waals surface area contributed by atoms with E-state index in [0.29, 0.717) is 28.9 Å². The van der Waals surface area contributed by atoms with E-state index in [1.54, 1.807) is 12.3 Å². The van der Waals surface area contributed by atoms with Crippen molar-refractivity contribution in [2.45, 2.75) is 38.1 Å². The van der Waals surface area contributed by atoms with Gasteiger partial charge in [-0.2, -0.15) is 5.26 Å². The Hall–Kier alpha value is -1.31. The molecule has 1 aromatic rings. The standard InChI is InChI=1S/C14H19ClN4/c15-13-11(8-16)6-7-18-14(13)19-12(9-17)10-4-2-1-3-5-10/h6-7,10,12H,1-5,9,17H2,(H,18,19). The van der Waals surface area contributed by atoms with Gasteiger partial charge in [-0.15, -0.1) is 0 Å². The minimum absolute atomic E-state index is 0.180. The van der Waals surface area contributed by atoms with Crippen LogP contribution in [0.4, 0.5) is 5.82 Å². The Bertz CT molecular complexity index is 463. The third-order valence-electron chi connectivity index (χ3n) is 3.80. The zero-order chi connectivity index (χ0) is 13.7. The highest BCUT2D eigenvalue weighted by molar-refractivity contribution is 6.34. The molecule has 19 heavy (non-hydrogen) atoms. The Morgan fingerprint density at radius 1 is 1.47 bits per heavy atom. The molecule has 1 aliphatic carbocycles. The molecule has 3 N–H and O–H groups in total. The number of nitrogens with zero attached hydrogens (tertiary/aromatic N) is 2. The van der Waals surface area contributed by atoms with E-state index in [0.717, 1.165) is 0 Å². The number of nitrogens with one attached hydrogen (secondary N) is 1. The van der Waals surface area contributed by atoms with Crippen molar-refractivity contribution in [2.75, 3.05) is 11.9 Å². The summed E-state index contributed by atoms with van der Waals surface area (Å²) in [6, 6.07) is 3.86. The van der Waals surface area contributed by atoms with Crippen LogP contribution in [0.5, 0.6) is 0 Å². The third kappa shape index (κ3) is 3.37. The predicted molar refractivity (Wildman–Crippen MR) is 77.0 cm³/mol. The highest BCUT2D eigenvalue weighted by Gasteiger charge is 2.23. The molecule has 102 valence electrons. The van der Waals surface area contributed by atoms with Gasteiger partial charge in [-0.1, -0.05) is 30.9 Å². The number of halogens is 1. The number of hydrogen-bond acceptors (Lipinski definition) is 4. The van der Waals surface area contributed by atoms with Crippen molar-refractivity contribution >= 4 is 17.4 Å². The van der Waals surface area contributed by atoms with Gasteiger partial charge < -0.3 is 11.1 Å². The lowest BCUT2D eigenvalue weighted by molar-refractivity contribution is 0.320. The summed E-state index contributed by atoms with van der Waals surface area (Å²) in [5.41, 5.74) is 6.32. The van der Waals surface area contributed by atoms with Crippen molar-refractivity contribution < 1.29 is 0 Å². The second-order valence-corrected chi connectivity index (χ2v) is 5.40. The van der Waals surface area contributed by atoms with Gasteiger partial charge in [-0.25, -0.2) is 4.98 Å². The summed E-state index contributed by atoms with van der Waals surface area (Å²) in [6.45, 7) is 0.555. The molecule has 0 radical (unpaired) electrons. The zero-order valence-corrected chi connectivity index (χ0v) is 11.7. The molecular formula is C14H19ClN4. The second-order valence-electron chi connectivity index (χ2n) is 5.02. The average molecular weight is 279 g/mol. The smallest absolute Gasteiger partial charge is 0.146 e. The molecule has 2 rings (SSSR count). The van der Waals surface area contributed by atoms with Crippen LogP contribution in [0, 0.1) is 17.2 Å². The maximum Gasteiger partial charge on any atom is 0.146 e. The lowest BCUT2D eigenvalue weighted by Gasteiger charge is -2.30. The van der Waals surface area contributed by atoms with Crippen molar-refractivity contribution in [3.8, 4) is 6.07 Å². The van der Waals surface area contributed by atoms with Gasteiger partial charge in [0.2, 0.25) is 0 Å². The summed E-state index contributed by atoms with van der Waals surface area (Å²) in [5, 5.41) is 12.7. The lowest BCUT2D eigenvalue weighted by atomic mass is 9.84. The number of nitrogens with two attached hydrogens (primary N) is 1. The van der Waals surface area contributed by atoms with Crippen LogP contribution in [0.2, 0.25) is 5.02 Å². The van der Waals surface area contributed by atoms with Gasteiger partial charge in [0, 0.05) is 18.8 Å². The summed E-state index contributed by atoms with van der Waals surface area (Å²) < 4.78 is 0. The van der Waals surface area contributed by atoms with E-state index in [9.17, 15) is 0 Å². The molecule has 4 nitrogen and oxygen atoms in total. The molecule has 1 heterocycles. The Kier molecular flexibility index (Phi) is 5.00. The van der Waals surface area contributed by atoms with E-state index in [1.165, 1.54) is 32.1 Å². The minimum atomic E-state index is 0.180. The van der Waals surface area contributed by atoms with E-state index in [2.05, 4.69) is 16.4 Å². The third-order valence-corrected chi connectivity index (χ3v) is 4.19. The van der Waals surface area contributed by atoms with Crippen LogP contribution in [0.15, 0.2) is 12.3 Å². The van der Waals surface area contributed by atoms with Gasteiger partial charge >= 0.3 is 0 Å². The van der Waals surface area contributed by atoms with Gasteiger partial charge in [-0.3, -0.25) is 0 Å². The summed E-state index contributed by atoms with van der Waals surface area (Å²) in [4.78, 5) is 4.22. The number of rotatable bonds is 4. The molecule has 1 aromatic heterocycles. The van der Waals surface area contributed by atoms with E-state index >= 15 is 0 Å².